The highest BCUT2D eigenvalue weighted by Gasteiger charge is 2.14. The van der Waals surface area contributed by atoms with Crippen molar-refractivity contribution < 1.29 is 33.4 Å². The number of nitrogens with one attached hydrogen (secondary N) is 2. The van der Waals surface area contributed by atoms with Crippen molar-refractivity contribution in [1.29, 1.82) is 0 Å². The first-order valence-corrected chi connectivity index (χ1v) is 8.86. The van der Waals surface area contributed by atoms with Crippen molar-refractivity contribution in [3.63, 3.8) is 0 Å². The van der Waals surface area contributed by atoms with Gasteiger partial charge >= 0.3 is 11.9 Å². The number of amides is 2. The van der Waals surface area contributed by atoms with Gasteiger partial charge < -0.3 is 20.1 Å². The SMILES string of the molecule is CC(=O)Nc1cccc(C(=O)OCC(=O)COC(=O)c2cccc(NC(C)=O)c2)c1. The smallest absolute Gasteiger partial charge is 0.338 e. The Morgan fingerprint density at radius 2 is 1.10 bits per heavy atom. The Morgan fingerprint density at radius 3 is 1.47 bits per heavy atom. The van der Waals surface area contributed by atoms with Crippen LogP contribution in [-0.2, 0) is 23.9 Å². The first kappa shape index (κ1) is 22.3. The third-order valence-corrected chi connectivity index (χ3v) is 3.57. The zero-order valence-electron chi connectivity index (χ0n) is 16.4. The van der Waals surface area contributed by atoms with Gasteiger partial charge in [-0.05, 0) is 36.4 Å². The van der Waals surface area contributed by atoms with Crippen LogP contribution in [0.15, 0.2) is 48.5 Å². The molecule has 0 aliphatic rings. The zero-order chi connectivity index (χ0) is 22.1. The minimum Gasteiger partial charge on any atom is -0.454 e. The highest BCUT2D eigenvalue weighted by Crippen LogP contribution is 2.13. The molecular formula is C21H20N2O7. The molecule has 9 nitrogen and oxygen atoms in total. The summed E-state index contributed by atoms with van der Waals surface area (Å²) in [7, 11) is 0. The van der Waals surface area contributed by atoms with Gasteiger partial charge in [-0.3, -0.25) is 14.4 Å². The lowest BCUT2D eigenvalue weighted by molar-refractivity contribution is -0.125. The first-order chi connectivity index (χ1) is 14.2. The van der Waals surface area contributed by atoms with Crippen LogP contribution in [0.25, 0.3) is 0 Å². The van der Waals surface area contributed by atoms with Crippen molar-refractivity contribution in [2.75, 3.05) is 23.8 Å². The van der Waals surface area contributed by atoms with Gasteiger partial charge in [-0.1, -0.05) is 12.1 Å². The molecule has 0 bridgehead atoms. The topological polar surface area (TPSA) is 128 Å². The molecule has 0 atom stereocenters. The Kier molecular flexibility index (Phi) is 7.81. The van der Waals surface area contributed by atoms with Crippen molar-refractivity contribution in [2.45, 2.75) is 13.8 Å². The number of ether oxygens (including phenoxy) is 2. The van der Waals surface area contributed by atoms with Crippen LogP contribution in [0.2, 0.25) is 0 Å². The summed E-state index contributed by atoms with van der Waals surface area (Å²) in [5, 5.41) is 5.07. The van der Waals surface area contributed by atoms with Crippen LogP contribution in [0.3, 0.4) is 0 Å². The molecule has 0 aliphatic carbocycles. The van der Waals surface area contributed by atoms with Crippen LogP contribution in [0.4, 0.5) is 11.4 Å². The second kappa shape index (κ2) is 10.5. The Morgan fingerprint density at radius 1 is 0.700 bits per heavy atom. The summed E-state index contributed by atoms with van der Waals surface area (Å²) in [4.78, 5) is 58.1. The number of Topliss-reactive ketones (excluding diaryl/α,β-unsaturated/α-hetero) is 1. The number of carbonyl (C=O) groups is 5. The quantitative estimate of drug-likeness (QED) is 0.636. The molecular weight excluding hydrogens is 392 g/mol. The van der Waals surface area contributed by atoms with Crippen LogP contribution in [0.1, 0.15) is 34.6 Å². The van der Waals surface area contributed by atoms with Gasteiger partial charge in [-0.2, -0.15) is 0 Å². The first-order valence-electron chi connectivity index (χ1n) is 8.86. The van der Waals surface area contributed by atoms with E-state index in [9.17, 15) is 24.0 Å². The van der Waals surface area contributed by atoms with Crippen molar-refractivity contribution in [2.24, 2.45) is 0 Å². The maximum atomic E-state index is 12.0. The van der Waals surface area contributed by atoms with Crippen LogP contribution in [0.5, 0.6) is 0 Å². The molecule has 30 heavy (non-hydrogen) atoms. The van der Waals surface area contributed by atoms with Gasteiger partial charge in [0.05, 0.1) is 11.1 Å². The third kappa shape index (κ3) is 7.19. The van der Waals surface area contributed by atoms with Crippen molar-refractivity contribution >= 4 is 40.9 Å². The van der Waals surface area contributed by atoms with E-state index in [4.69, 9.17) is 9.47 Å². The van der Waals surface area contributed by atoms with E-state index in [-0.39, 0.29) is 22.9 Å². The minimum atomic E-state index is -0.759. The molecule has 0 aliphatic heterocycles. The Bertz CT molecular complexity index is 907. The summed E-state index contributed by atoms with van der Waals surface area (Å²) in [6.07, 6.45) is 0. The van der Waals surface area contributed by atoms with E-state index in [0.717, 1.165) is 0 Å². The third-order valence-electron chi connectivity index (χ3n) is 3.57. The number of hydrogen-bond donors (Lipinski definition) is 2. The predicted molar refractivity (Wildman–Crippen MR) is 107 cm³/mol. The molecule has 0 saturated carbocycles. The lowest BCUT2D eigenvalue weighted by Gasteiger charge is -2.08. The van der Waals surface area contributed by atoms with Crippen molar-refractivity contribution in [3.05, 3.63) is 59.7 Å². The van der Waals surface area contributed by atoms with Gasteiger partial charge in [-0.15, -0.1) is 0 Å². The maximum Gasteiger partial charge on any atom is 0.338 e. The van der Waals surface area contributed by atoms with E-state index in [1.165, 1.54) is 38.1 Å². The molecule has 0 heterocycles. The monoisotopic (exact) mass is 412 g/mol. The van der Waals surface area contributed by atoms with Gasteiger partial charge in [0.15, 0.2) is 13.2 Å². The maximum absolute atomic E-state index is 12.0. The summed E-state index contributed by atoms with van der Waals surface area (Å²) >= 11 is 0. The number of hydrogen-bond acceptors (Lipinski definition) is 7. The lowest BCUT2D eigenvalue weighted by atomic mass is 10.2. The van der Waals surface area contributed by atoms with Crippen LogP contribution < -0.4 is 10.6 Å². The van der Waals surface area contributed by atoms with Crippen molar-refractivity contribution in [1.82, 2.24) is 0 Å². The zero-order valence-corrected chi connectivity index (χ0v) is 16.4. The number of carbonyl (C=O) groups excluding carboxylic acids is 5. The Balaban J connectivity index is 1.83. The second-order valence-electron chi connectivity index (χ2n) is 6.21. The molecule has 2 rings (SSSR count). The molecule has 0 radical (unpaired) electrons. The normalized spacial score (nSPS) is 9.93. The molecule has 2 aromatic rings. The number of benzene rings is 2. The van der Waals surface area contributed by atoms with Crippen molar-refractivity contribution in [3.8, 4) is 0 Å². The van der Waals surface area contributed by atoms with Crippen LogP contribution >= 0.6 is 0 Å². The molecule has 2 N–H and O–H groups in total. The average molecular weight is 412 g/mol. The number of anilines is 2. The summed E-state index contributed by atoms with van der Waals surface area (Å²) in [5.41, 5.74) is 1.14. The molecule has 0 saturated heterocycles. The highest BCUT2D eigenvalue weighted by molar-refractivity contribution is 5.96. The summed E-state index contributed by atoms with van der Waals surface area (Å²) in [5.74, 6) is -2.72. The second-order valence-corrected chi connectivity index (χ2v) is 6.21. The van der Waals surface area contributed by atoms with Crippen LogP contribution in [0, 0.1) is 0 Å². The van der Waals surface area contributed by atoms with E-state index in [1.54, 1.807) is 24.3 Å². The largest absolute Gasteiger partial charge is 0.454 e. The lowest BCUT2D eigenvalue weighted by Crippen LogP contribution is -2.21. The number of esters is 2. The minimum absolute atomic E-state index is 0.154. The fourth-order valence-corrected chi connectivity index (χ4v) is 2.35. The average Bonchev–Trinajstić information content (AvgIpc) is 2.69. The predicted octanol–water partition coefficient (Wildman–Crippen LogP) is 2.19. The molecule has 0 spiro atoms. The summed E-state index contributed by atoms with van der Waals surface area (Å²) in [6, 6.07) is 12.1. The number of rotatable bonds is 8. The van der Waals surface area contributed by atoms with Gasteiger partial charge in [0, 0.05) is 25.2 Å². The standard InChI is InChI=1S/C21H20N2O7/c1-13(24)22-17-7-3-5-15(9-17)20(27)29-11-19(26)12-30-21(28)16-6-4-8-18(10-16)23-14(2)25/h3-10H,11-12H2,1-2H3,(H,22,24)(H,23,25). The molecule has 156 valence electrons. The molecule has 2 aromatic carbocycles. The Hall–Kier alpha value is -4.01. The van der Waals surface area contributed by atoms with Gasteiger partial charge in [0.25, 0.3) is 0 Å². The molecule has 2 amide bonds. The van der Waals surface area contributed by atoms with Gasteiger partial charge in [-0.25, -0.2) is 9.59 Å². The van der Waals surface area contributed by atoms with E-state index >= 15 is 0 Å². The van der Waals surface area contributed by atoms with E-state index in [0.29, 0.717) is 11.4 Å². The molecule has 0 fully saturated rings. The summed E-state index contributed by atoms with van der Waals surface area (Å²) in [6.45, 7) is 1.51. The fourth-order valence-electron chi connectivity index (χ4n) is 2.35. The van der Waals surface area contributed by atoms with Crippen LogP contribution in [-0.4, -0.2) is 42.7 Å². The highest BCUT2D eigenvalue weighted by atomic mass is 16.6. The Labute approximate surface area is 172 Å². The van der Waals surface area contributed by atoms with Gasteiger partial charge in [0.1, 0.15) is 0 Å². The van der Waals surface area contributed by atoms with E-state index in [2.05, 4.69) is 10.6 Å². The molecule has 0 unspecified atom stereocenters. The van der Waals surface area contributed by atoms with E-state index in [1.807, 2.05) is 0 Å². The molecule has 9 heteroatoms. The van der Waals surface area contributed by atoms with Gasteiger partial charge in [0.2, 0.25) is 17.6 Å². The fraction of sp³-hybridized carbons (Fsp3) is 0.190. The van der Waals surface area contributed by atoms with E-state index < -0.39 is 30.9 Å². The summed E-state index contributed by atoms with van der Waals surface area (Å²) < 4.78 is 9.82. The number of ketones is 1. The molecule has 0 aromatic heterocycles.